The quantitative estimate of drug-likeness (QED) is 0.907. The summed E-state index contributed by atoms with van der Waals surface area (Å²) in [6.45, 7) is 0.723. The van der Waals surface area contributed by atoms with E-state index in [0.29, 0.717) is 12.5 Å². The number of nitrogens with one attached hydrogen (secondary N) is 1. The predicted molar refractivity (Wildman–Crippen MR) is 74.7 cm³/mol. The Balaban J connectivity index is 1.88. The van der Waals surface area contributed by atoms with Crippen LogP contribution in [0.2, 0.25) is 0 Å². The molecule has 116 valence electrons. The van der Waals surface area contributed by atoms with Crippen molar-refractivity contribution in [2.45, 2.75) is 25.4 Å². The first kappa shape index (κ1) is 15.7. The van der Waals surface area contributed by atoms with Crippen molar-refractivity contribution in [3.05, 3.63) is 35.4 Å². The lowest BCUT2D eigenvalue weighted by Gasteiger charge is -2.37. The predicted octanol–water partition coefficient (Wildman–Crippen LogP) is 2.53. The van der Waals surface area contributed by atoms with Gasteiger partial charge in [0.05, 0.1) is 6.61 Å². The van der Waals surface area contributed by atoms with Crippen molar-refractivity contribution < 1.29 is 18.3 Å². The fourth-order valence-electron chi connectivity index (χ4n) is 2.42. The summed E-state index contributed by atoms with van der Waals surface area (Å²) in [5.41, 5.74) is 0.288. The molecule has 1 N–H and O–H groups in total. The molecule has 2 amide bonds. The van der Waals surface area contributed by atoms with Crippen molar-refractivity contribution in [2.24, 2.45) is 5.92 Å². The minimum atomic E-state index is -0.643. The lowest BCUT2D eigenvalue weighted by Crippen LogP contribution is -2.51. The number of benzene rings is 1. The zero-order valence-electron chi connectivity index (χ0n) is 12.2. The average Bonchev–Trinajstić information content (AvgIpc) is 2.43. The summed E-state index contributed by atoms with van der Waals surface area (Å²) in [5, 5.41) is 2.91. The highest BCUT2D eigenvalue weighted by molar-refractivity contribution is 5.74. The van der Waals surface area contributed by atoms with Crippen molar-refractivity contribution in [1.82, 2.24) is 10.2 Å². The molecule has 0 bridgehead atoms. The molecular weight excluding hydrogens is 278 g/mol. The molecule has 1 fully saturated rings. The summed E-state index contributed by atoms with van der Waals surface area (Å²) in [6, 6.07) is 3.21. The van der Waals surface area contributed by atoms with E-state index in [9.17, 15) is 13.6 Å². The fourth-order valence-corrected chi connectivity index (χ4v) is 2.42. The Morgan fingerprint density at radius 3 is 2.76 bits per heavy atom. The van der Waals surface area contributed by atoms with Crippen molar-refractivity contribution in [3.8, 4) is 0 Å². The van der Waals surface area contributed by atoms with E-state index in [1.54, 1.807) is 14.2 Å². The molecule has 21 heavy (non-hydrogen) atoms. The summed E-state index contributed by atoms with van der Waals surface area (Å²) in [7, 11) is 3.22. The number of halogens is 2. The van der Waals surface area contributed by atoms with E-state index in [0.717, 1.165) is 18.9 Å². The largest absolute Gasteiger partial charge is 0.384 e. The van der Waals surface area contributed by atoms with E-state index in [1.165, 1.54) is 17.0 Å². The smallest absolute Gasteiger partial charge is 0.317 e. The molecule has 1 aromatic carbocycles. The molecule has 2 atom stereocenters. The van der Waals surface area contributed by atoms with Gasteiger partial charge in [-0.2, -0.15) is 0 Å². The van der Waals surface area contributed by atoms with Gasteiger partial charge >= 0.3 is 6.03 Å². The number of carbonyl (C=O) groups excluding carboxylic acids is 1. The first-order chi connectivity index (χ1) is 10.0. The van der Waals surface area contributed by atoms with Crippen LogP contribution in [0.1, 0.15) is 18.4 Å². The van der Waals surface area contributed by atoms with Gasteiger partial charge in [0.25, 0.3) is 0 Å². The summed E-state index contributed by atoms with van der Waals surface area (Å²) >= 11 is 0. The lowest BCUT2D eigenvalue weighted by atomic mass is 9.80. The Morgan fingerprint density at radius 2 is 2.19 bits per heavy atom. The Hall–Kier alpha value is -1.69. The van der Waals surface area contributed by atoms with Crippen LogP contribution in [-0.4, -0.2) is 37.7 Å². The Morgan fingerprint density at radius 1 is 1.43 bits per heavy atom. The highest BCUT2D eigenvalue weighted by atomic mass is 19.1. The van der Waals surface area contributed by atoms with E-state index in [4.69, 9.17) is 4.74 Å². The van der Waals surface area contributed by atoms with Gasteiger partial charge in [-0.1, -0.05) is 6.07 Å². The third-order valence-corrected chi connectivity index (χ3v) is 3.88. The molecule has 0 aromatic heterocycles. The van der Waals surface area contributed by atoms with Gasteiger partial charge in [-0.15, -0.1) is 0 Å². The van der Waals surface area contributed by atoms with Gasteiger partial charge in [0.15, 0.2) is 0 Å². The minimum absolute atomic E-state index is 0.0968. The van der Waals surface area contributed by atoms with Crippen molar-refractivity contribution in [2.75, 3.05) is 20.8 Å². The Bertz CT molecular complexity index is 510. The van der Waals surface area contributed by atoms with E-state index in [2.05, 4.69) is 5.32 Å². The highest BCUT2D eigenvalue weighted by Gasteiger charge is 2.32. The topological polar surface area (TPSA) is 41.6 Å². The summed E-state index contributed by atoms with van der Waals surface area (Å²) < 4.78 is 31.5. The van der Waals surface area contributed by atoms with Gasteiger partial charge < -0.3 is 15.0 Å². The van der Waals surface area contributed by atoms with Crippen LogP contribution in [-0.2, 0) is 11.3 Å². The van der Waals surface area contributed by atoms with Gasteiger partial charge in [-0.25, -0.2) is 13.6 Å². The number of rotatable bonds is 5. The summed E-state index contributed by atoms with van der Waals surface area (Å²) in [4.78, 5) is 13.4. The molecule has 0 aliphatic heterocycles. The van der Waals surface area contributed by atoms with E-state index >= 15 is 0 Å². The molecule has 4 nitrogen and oxygen atoms in total. The van der Waals surface area contributed by atoms with Gasteiger partial charge in [-0.3, -0.25) is 0 Å². The van der Waals surface area contributed by atoms with Crippen LogP contribution in [0.25, 0.3) is 0 Å². The molecule has 0 spiro atoms. The number of amides is 2. The average molecular weight is 298 g/mol. The molecule has 6 heteroatoms. The maximum atomic E-state index is 13.6. The second kappa shape index (κ2) is 6.85. The number of hydrogen-bond donors (Lipinski definition) is 1. The van der Waals surface area contributed by atoms with Crippen LogP contribution < -0.4 is 5.32 Å². The van der Waals surface area contributed by atoms with E-state index < -0.39 is 11.6 Å². The SMILES string of the molecule is COC[C@H]1CC[C@H]1NC(=O)N(C)Cc1ccc(F)cc1F. The normalized spacial score (nSPS) is 20.8. The number of urea groups is 1. The van der Waals surface area contributed by atoms with Crippen LogP contribution in [0.4, 0.5) is 13.6 Å². The fraction of sp³-hybridized carbons (Fsp3) is 0.533. The van der Waals surface area contributed by atoms with Crippen LogP contribution in [0.15, 0.2) is 18.2 Å². The third kappa shape index (κ3) is 3.91. The molecule has 0 heterocycles. The number of nitrogens with zero attached hydrogens (tertiary/aromatic N) is 1. The van der Waals surface area contributed by atoms with Crippen LogP contribution in [0.3, 0.4) is 0 Å². The van der Waals surface area contributed by atoms with Crippen LogP contribution in [0.5, 0.6) is 0 Å². The maximum Gasteiger partial charge on any atom is 0.317 e. The zero-order chi connectivity index (χ0) is 15.4. The molecule has 1 aromatic rings. The monoisotopic (exact) mass is 298 g/mol. The van der Waals surface area contributed by atoms with Crippen molar-refractivity contribution in [3.63, 3.8) is 0 Å². The van der Waals surface area contributed by atoms with Gasteiger partial charge in [0.2, 0.25) is 0 Å². The van der Waals surface area contributed by atoms with Crippen molar-refractivity contribution >= 4 is 6.03 Å². The molecule has 1 aliphatic rings. The number of methoxy groups -OCH3 is 1. The molecule has 1 saturated carbocycles. The molecule has 0 radical (unpaired) electrons. The third-order valence-electron chi connectivity index (χ3n) is 3.88. The van der Waals surface area contributed by atoms with Gasteiger partial charge in [0, 0.05) is 44.3 Å². The maximum absolute atomic E-state index is 13.6. The van der Waals surface area contributed by atoms with E-state index in [1.807, 2.05) is 0 Å². The second-order valence-electron chi connectivity index (χ2n) is 5.44. The standard InChI is InChI=1S/C15H20F2N2O2/c1-19(8-10-3-5-12(16)7-13(10)17)15(20)18-14-6-4-11(14)9-21-2/h3,5,7,11,14H,4,6,8-9H2,1-2H3,(H,18,20)/t11-,14-/m1/s1. The molecule has 1 aliphatic carbocycles. The number of ether oxygens (including phenoxy) is 1. The summed E-state index contributed by atoms with van der Waals surface area (Å²) in [6.07, 6.45) is 1.97. The van der Waals surface area contributed by atoms with Crippen molar-refractivity contribution in [1.29, 1.82) is 0 Å². The summed E-state index contributed by atoms with van der Waals surface area (Å²) in [5.74, 6) is -0.925. The number of hydrogen-bond acceptors (Lipinski definition) is 2. The first-order valence-corrected chi connectivity index (χ1v) is 6.95. The van der Waals surface area contributed by atoms with Gasteiger partial charge in [0.1, 0.15) is 11.6 Å². The zero-order valence-corrected chi connectivity index (χ0v) is 12.2. The highest BCUT2D eigenvalue weighted by Crippen LogP contribution is 2.27. The first-order valence-electron chi connectivity index (χ1n) is 6.95. The minimum Gasteiger partial charge on any atom is -0.384 e. The van der Waals surface area contributed by atoms with Gasteiger partial charge in [-0.05, 0) is 18.9 Å². The van der Waals surface area contributed by atoms with E-state index in [-0.39, 0.29) is 24.2 Å². The molecule has 0 saturated heterocycles. The lowest BCUT2D eigenvalue weighted by molar-refractivity contribution is 0.0803. The molecule has 0 unspecified atom stereocenters. The second-order valence-corrected chi connectivity index (χ2v) is 5.44. The molecule has 2 rings (SSSR count). The molecular formula is C15H20F2N2O2. The van der Waals surface area contributed by atoms with Crippen LogP contribution in [0, 0.1) is 17.6 Å². The van der Waals surface area contributed by atoms with Crippen LogP contribution >= 0.6 is 0 Å². The number of carbonyl (C=O) groups is 1. The Labute approximate surface area is 123 Å². The Kier molecular flexibility index (Phi) is 5.12.